The molecule has 0 amide bonds. The molecule has 4 rings (SSSR count). The Morgan fingerprint density at radius 2 is 1.89 bits per heavy atom. The van der Waals surface area contributed by atoms with Crippen molar-refractivity contribution in [3.63, 3.8) is 0 Å². The number of hydrogen-bond donors (Lipinski definition) is 1. The molecular weight excluding hydrogens is 352 g/mol. The topological polar surface area (TPSA) is 61.6 Å². The Bertz CT molecular complexity index is 1140. The van der Waals surface area contributed by atoms with Crippen molar-refractivity contribution in [1.29, 1.82) is 5.26 Å². The maximum Gasteiger partial charge on any atom is 0.143 e. The van der Waals surface area contributed by atoms with Crippen LogP contribution in [0, 0.1) is 11.3 Å². The largest absolute Gasteiger partial charge is 0.340 e. The normalized spacial score (nSPS) is 10.9. The van der Waals surface area contributed by atoms with Crippen molar-refractivity contribution in [2.45, 2.75) is 19.8 Å². The number of nitriles is 1. The quantitative estimate of drug-likeness (QED) is 0.472. The summed E-state index contributed by atoms with van der Waals surface area (Å²) in [4.78, 5) is 9.82. The Morgan fingerprint density at radius 3 is 2.63 bits per heavy atom. The SMILES string of the molecule is CC(C)c1ccc(-c2csc3ncnc(Nc4cccc(C#N)c4)c23)cc1. The second-order valence-corrected chi connectivity index (χ2v) is 7.50. The lowest BCUT2D eigenvalue weighted by Crippen LogP contribution is -1.96. The predicted molar refractivity (Wildman–Crippen MR) is 111 cm³/mol. The number of benzene rings is 2. The molecule has 0 saturated heterocycles. The van der Waals surface area contributed by atoms with Crippen molar-refractivity contribution in [3.05, 3.63) is 71.4 Å². The first-order valence-corrected chi connectivity index (χ1v) is 9.63. The number of nitrogens with one attached hydrogen (secondary N) is 1. The molecule has 0 aliphatic heterocycles. The van der Waals surface area contributed by atoms with Gasteiger partial charge in [-0.2, -0.15) is 5.26 Å². The van der Waals surface area contributed by atoms with E-state index in [4.69, 9.17) is 5.26 Å². The molecule has 4 aromatic rings. The van der Waals surface area contributed by atoms with E-state index in [1.807, 2.05) is 18.2 Å². The summed E-state index contributed by atoms with van der Waals surface area (Å²) in [6.45, 7) is 4.39. The van der Waals surface area contributed by atoms with Crippen LogP contribution in [0.3, 0.4) is 0 Å². The monoisotopic (exact) mass is 370 g/mol. The molecule has 27 heavy (non-hydrogen) atoms. The second kappa shape index (κ2) is 7.18. The Kier molecular flexibility index (Phi) is 4.57. The number of aromatic nitrogens is 2. The molecule has 1 N–H and O–H groups in total. The van der Waals surface area contributed by atoms with Crippen LogP contribution < -0.4 is 5.32 Å². The number of thiophene rings is 1. The predicted octanol–water partition coefficient (Wildman–Crippen LogP) is 6.10. The van der Waals surface area contributed by atoms with E-state index in [0.29, 0.717) is 11.5 Å². The number of nitrogens with zero attached hydrogens (tertiary/aromatic N) is 3. The lowest BCUT2D eigenvalue weighted by Gasteiger charge is -2.10. The fraction of sp³-hybridized carbons (Fsp3) is 0.136. The van der Waals surface area contributed by atoms with Gasteiger partial charge in [0, 0.05) is 16.6 Å². The standard InChI is InChI=1S/C22H18N4S/c1-14(2)16-6-8-17(9-7-16)19-12-27-22-20(19)21(24-13-25-22)26-18-5-3-4-15(10-18)11-23/h3-10,12-14H,1-2H3,(H,24,25,26). The van der Waals surface area contributed by atoms with Crippen LogP contribution >= 0.6 is 11.3 Å². The van der Waals surface area contributed by atoms with Gasteiger partial charge in [-0.3, -0.25) is 0 Å². The van der Waals surface area contributed by atoms with Crippen molar-refractivity contribution in [2.75, 3.05) is 5.32 Å². The van der Waals surface area contributed by atoms with Gasteiger partial charge in [0.2, 0.25) is 0 Å². The number of rotatable bonds is 4. The molecule has 132 valence electrons. The zero-order valence-corrected chi connectivity index (χ0v) is 15.9. The lowest BCUT2D eigenvalue weighted by atomic mass is 9.99. The van der Waals surface area contributed by atoms with Crippen LogP contribution in [0.5, 0.6) is 0 Å². The van der Waals surface area contributed by atoms with Crippen LogP contribution in [-0.4, -0.2) is 9.97 Å². The maximum atomic E-state index is 9.12. The molecule has 0 spiro atoms. The zero-order valence-electron chi connectivity index (χ0n) is 15.1. The van der Waals surface area contributed by atoms with Crippen LogP contribution in [0.15, 0.2) is 60.2 Å². The molecule has 4 nitrogen and oxygen atoms in total. The Labute approximate surface area is 162 Å². The third kappa shape index (κ3) is 3.40. The summed E-state index contributed by atoms with van der Waals surface area (Å²) >= 11 is 1.61. The van der Waals surface area contributed by atoms with Gasteiger partial charge in [-0.25, -0.2) is 9.97 Å². The molecule has 2 aromatic heterocycles. The summed E-state index contributed by atoms with van der Waals surface area (Å²) in [6, 6.07) is 18.2. The zero-order chi connectivity index (χ0) is 18.8. The summed E-state index contributed by atoms with van der Waals surface area (Å²) < 4.78 is 0. The molecule has 5 heteroatoms. The highest BCUT2D eigenvalue weighted by Crippen LogP contribution is 2.37. The highest BCUT2D eigenvalue weighted by atomic mass is 32.1. The summed E-state index contributed by atoms with van der Waals surface area (Å²) in [6.07, 6.45) is 1.57. The van der Waals surface area contributed by atoms with E-state index in [2.05, 4.69) is 64.8 Å². The average molecular weight is 370 g/mol. The van der Waals surface area contributed by atoms with E-state index in [1.165, 1.54) is 5.56 Å². The van der Waals surface area contributed by atoms with E-state index in [1.54, 1.807) is 23.7 Å². The minimum Gasteiger partial charge on any atom is -0.340 e. The number of fused-ring (bicyclic) bond motifs is 1. The molecule has 0 radical (unpaired) electrons. The molecular formula is C22H18N4S. The third-order valence-electron chi connectivity index (χ3n) is 4.51. The third-order valence-corrected chi connectivity index (χ3v) is 5.40. The van der Waals surface area contributed by atoms with Gasteiger partial charge < -0.3 is 5.32 Å². The summed E-state index contributed by atoms with van der Waals surface area (Å²) in [5.74, 6) is 1.26. The van der Waals surface area contributed by atoms with E-state index in [0.717, 1.165) is 32.8 Å². The maximum absolute atomic E-state index is 9.12. The molecule has 0 atom stereocenters. The molecule has 0 aliphatic rings. The minimum atomic E-state index is 0.506. The number of hydrogen-bond acceptors (Lipinski definition) is 5. The Morgan fingerprint density at radius 1 is 1.07 bits per heavy atom. The second-order valence-electron chi connectivity index (χ2n) is 6.65. The fourth-order valence-electron chi connectivity index (χ4n) is 3.03. The van der Waals surface area contributed by atoms with Gasteiger partial charge in [-0.1, -0.05) is 44.2 Å². The number of anilines is 2. The molecule has 0 bridgehead atoms. The highest BCUT2D eigenvalue weighted by molar-refractivity contribution is 7.17. The molecule has 0 unspecified atom stereocenters. The van der Waals surface area contributed by atoms with Gasteiger partial charge in [0.25, 0.3) is 0 Å². The van der Waals surface area contributed by atoms with Gasteiger partial charge in [0.05, 0.1) is 17.0 Å². The smallest absolute Gasteiger partial charge is 0.143 e. The van der Waals surface area contributed by atoms with Gasteiger partial charge >= 0.3 is 0 Å². The first-order valence-electron chi connectivity index (χ1n) is 8.75. The first-order chi connectivity index (χ1) is 13.2. The van der Waals surface area contributed by atoms with Crippen molar-refractivity contribution >= 4 is 33.1 Å². The average Bonchev–Trinajstić information content (AvgIpc) is 3.13. The van der Waals surface area contributed by atoms with E-state index in [-0.39, 0.29) is 0 Å². The van der Waals surface area contributed by atoms with E-state index >= 15 is 0 Å². The minimum absolute atomic E-state index is 0.506. The Hall–Kier alpha value is -3.23. The van der Waals surface area contributed by atoms with Crippen molar-refractivity contribution < 1.29 is 0 Å². The molecule has 2 aromatic carbocycles. The summed E-state index contributed by atoms with van der Waals surface area (Å²) in [7, 11) is 0. The van der Waals surface area contributed by atoms with Crippen LogP contribution in [0.1, 0.15) is 30.9 Å². The van der Waals surface area contributed by atoms with Crippen LogP contribution in [0.4, 0.5) is 11.5 Å². The van der Waals surface area contributed by atoms with Crippen molar-refractivity contribution in [1.82, 2.24) is 9.97 Å². The van der Waals surface area contributed by atoms with Crippen LogP contribution in [0.25, 0.3) is 21.3 Å². The van der Waals surface area contributed by atoms with E-state index in [9.17, 15) is 0 Å². The van der Waals surface area contributed by atoms with Gasteiger partial charge in [-0.05, 0) is 35.2 Å². The van der Waals surface area contributed by atoms with Crippen molar-refractivity contribution in [2.24, 2.45) is 0 Å². The van der Waals surface area contributed by atoms with Crippen molar-refractivity contribution in [3.8, 4) is 17.2 Å². The molecule has 0 fully saturated rings. The Balaban J connectivity index is 1.78. The molecule has 0 saturated carbocycles. The molecule has 2 heterocycles. The van der Waals surface area contributed by atoms with Crippen LogP contribution in [0.2, 0.25) is 0 Å². The van der Waals surface area contributed by atoms with Gasteiger partial charge in [0.15, 0.2) is 0 Å². The fourth-order valence-corrected chi connectivity index (χ4v) is 3.95. The van der Waals surface area contributed by atoms with E-state index < -0.39 is 0 Å². The highest BCUT2D eigenvalue weighted by Gasteiger charge is 2.14. The first kappa shape index (κ1) is 17.2. The van der Waals surface area contributed by atoms with Gasteiger partial charge in [0.1, 0.15) is 17.0 Å². The molecule has 0 aliphatic carbocycles. The van der Waals surface area contributed by atoms with Gasteiger partial charge in [-0.15, -0.1) is 11.3 Å². The summed E-state index contributed by atoms with van der Waals surface area (Å²) in [5, 5.41) is 15.6. The van der Waals surface area contributed by atoms with Crippen LogP contribution in [-0.2, 0) is 0 Å². The lowest BCUT2D eigenvalue weighted by molar-refractivity contribution is 0.867. The summed E-state index contributed by atoms with van der Waals surface area (Å²) in [5.41, 5.74) is 5.03.